The van der Waals surface area contributed by atoms with E-state index in [-0.39, 0.29) is 180 Å². The molecule has 0 saturated carbocycles. The highest BCUT2D eigenvalue weighted by molar-refractivity contribution is 6.31. The maximum atomic E-state index is 6.57. The van der Waals surface area contributed by atoms with Gasteiger partial charge in [-0.15, -0.1) is 0 Å². The lowest BCUT2D eigenvalue weighted by Crippen LogP contribution is -1.95. The average molecular weight is 1530 g/mol. The number of halogens is 8. The molecule has 8 bridgehead atoms. The first-order valence-corrected chi connectivity index (χ1v) is 33.6. The second-order valence-corrected chi connectivity index (χ2v) is 25.3. The number of nitrogens with zero attached hydrogens (tertiary/aromatic N) is 14. The third-order valence-electron chi connectivity index (χ3n) is 15.3. The van der Waals surface area contributed by atoms with Gasteiger partial charge in [0.25, 0.3) is 0 Å². The van der Waals surface area contributed by atoms with Crippen LogP contribution in [-0.4, -0.2) is 79.7 Å². The van der Waals surface area contributed by atoms with E-state index in [4.69, 9.17) is 161 Å². The lowest BCUT2D eigenvalue weighted by Gasteiger charge is -2.14. The van der Waals surface area contributed by atoms with E-state index in [1.807, 2.05) is 0 Å². The van der Waals surface area contributed by atoms with Crippen LogP contribution in [0.4, 0.5) is 0 Å². The predicted octanol–water partition coefficient (Wildman–Crippen LogP) is 21.6. The molecule has 24 nitrogen and oxygen atoms in total. The van der Waals surface area contributed by atoms with Crippen molar-refractivity contribution in [3.05, 3.63) is 235 Å². The fourth-order valence-electron chi connectivity index (χ4n) is 10.9. The Labute approximate surface area is 624 Å². The predicted molar refractivity (Wildman–Crippen MR) is 391 cm³/mol. The summed E-state index contributed by atoms with van der Waals surface area (Å²) in [5.41, 5.74) is 2.15. The second kappa shape index (κ2) is 27.5. The number of H-pyrrole nitrogens is 2. The Bertz CT molecular complexity index is 5490. The molecule has 0 amide bonds. The standard InChI is InChI=1S/C72H34Cl8N16O8/c73-49-9-1-17-57(81-49)97-41-25-33-34(26-42(41)98-58-18-2-10-50(74)82-58)66-89-65(33)93-67-35-27-43(99-59-19-3-11-51(75)83-59)44(100-60-20-4-12-52(76)84-60)28-36(35)69(90-67)95-71-39-31-47(103-63-23-7-15-55(79)87-63)48(104-64-24-8-16-56(80)88-64)32-40(39)72(92-71)96-70-38-30-46(102-62-22-6-14-54(78)86-62)45(29-37(38)68(91-70)94-66)101-61-21-5-13-53(77)85-61/h1-32H,(H2,89,90,91,92,93,94,95,96). The van der Waals surface area contributed by atoms with Crippen molar-refractivity contribution in [3.63, 3.8) is 0 Å². The number of hydrogen-bond donors (Lipinski definition) is 2. The SMILES string of the molecule is Clc1cccc(Oc2cc3c(cc2Oc2cccc(Cl)n2)-c2nc-3nc3[nH]c(nc4nc(nc5[nH]c(n2)c2cc(Oc6cccc(Cl)n6)c(Oc6cccc(Cl)n6)cc52)-c2cc(Oc5cccc(Cl)n5)c(Oc5cccc(Cl)n5)cc2-4)c2cc(Oc4cccc(Cl)n4)c(Oc4cccc(Cl)n4)cc32)n1. The summed E-state index contributed by atoms with van der Waals surface area (Å²) >= 11 is 51.7. The van der Waals surface area contributed by atoms with Crippen LogP contribution in [0.3, 0.4) is 0 Å². The van der Waals surface area contributed by atoms with Gasteiger partial charge >= 0.3 is 0 Å². The van der Waals surface area contributed by atoms with Gasteiger partial charge in [-0.25, -0.2) is 69.8 Å². The summed E-state index contributed by atoms with van der Waals surface area (Å²) in [4.78, 5) is 74.5. The Morgan fingerprint density at radius 1 is 0.192 bits per heavy atom. The molecule has 0 fully saturated rings. The van der Waals surface area contributed by atoms with Gasteiger partial charge in [0, 0.05) is 92.3 Å². The van der Waals surface area contributed by atoms with Gasteiger partial charge in [0.1, 0.15) is 63.8 Å². The Kier molecular flexibility index (Phi) is 17.3. The van der Waals surface area contributed by atoms with Gasteiger partial charge in [0.05, 0.1) is 0 Å². The highest BCUT2D eigenvalue weighted by atomic mass is 35.5. The van der Waals surface area contributed by atoms with Crippen LogP contribution in [-0.2, 0) is 0 Å². The number of rotatable bonds is 16. The third-order valence-corrected chi connectivity index (χ3v) is 17.0. The molecule has 17 rings (SSSR count). The van der Waals surface area contributed by atoms with Gasteiger partial charge in [-0.2, -0.15) is 0 Å². The van der Waals surface area contributed by atoms with E-state index in [0.29, 0.717) is 43.8 Å². The van der Waals surface area contributed by atoms with E-state index < -0.39 is 0 Å². The first-order valence-electron chi connectivity index (χ1n) is 30.6. The zero-order chi connectivity index (χ0) is 70.7. The zero-order valence-corrected chi connectivity index (χ0v) is 58.1. The normalized spacial score (nSPS) is 11.5. The van der Waals surface area contributed by atoms with Crippen LogP contribution in [0.15, 0.2) is 194 Å². The smallest absolute Gasteiger partial charge is 0.220 e. The zero-order valence-electron chi connectivity index (χ0n) is 52.0. The van der Waals surface area contributed by atoms with Crippen molar-refractivity contribution < 1.29 is 37.9 Å². The number of fused-ring (bicyclic) bond motifs is 20. The van der Waals surface area contributed by atoms with Crippen molar-refractivity contribution in [1.29, 1.82) is 0 Å². The summed E-state index contributed by atoms with van der Waals surface area (Å²) in [7, 11) is 0. The summed E-state index contributed by atoms with van der Waals surface area (Å²) in [5, 5.41) is 2.81. The number of pyridine rings is 8. The molecule has 2 aliphatic rings. The number of aromatic nitrogens is 16. The fourth-order valence-corrected chi connectivity index (χ4v) is 12.2. The number of aromatic amines is 2. The minimum atomic E-state index is 0.0816. The quantitative estimate of drug-likeness (QED) is 0.0850. The number of benzene rings is 4. The molecule has 2 N–H and O–H groups in total. The van der Waals surface area contributed by atoms with Crippen molar-refractivity contribution >= 4 is 137 Å². The van der Waals surface area contributed by atoms with Crippen molar-refractivity contribution in [2.75, 3.05) is 0 Å². The number of ether oxygens (including phenoxy) is 8. The molecule has 2 aliphatic heterocycles. The number of nitrogens with one attached hydrogen (secondary N) is 2. The maximum absolute atomic E-state index is 6.57. The molecule has 0 aliphatic carbocycles. The minimum absolute atomic E-state index is 0.0816. The van der Waals surface area contributed by atoms with Crippen molar-refractivity contribution in [2.45, 2.75) is 0 Å². The third kappa shape index (κ3) is 13.8. The maximum Gasteiger partial charge on any atom is 0.220 e. The largest absolute Gasteiger partial charge is 0.435 e. The molecular weight excluding hydrogens is 1500 g/mol. The molecule has 506 valence electrons. The molecule has 32 heteroatoms. The molecular formula is C72H34Cl8N16O8. The molecule has 104 heavy (non-hydrogen) atoms. The lowest BCUT2D eigenvalue weighted by atomic mass is 10.1. The fraction of sp³-hybridized carbons (Fsp3) is 0. The van der Waals surface area contributed by atoms with Gasteiger partial charge in [-0.05, 0) is 97.1 Å². The Morgan fingerprint density at radius 2 is 0.356 bits per heavy atom. The number of hydrogen-bond acceptors (Lipinski definition) is 22. The van der Waals surface area contributed by atoms with Crippen LogP contribution in [0, 0.1) is 0 Å². The van der Waals surface area contributed by atoms with Gasteiger partial charge in [-0.1, -0.05) is 141 Å². The monoisotopic (exact) mass is 1530 g/mol. The van der Waals surface area contributed by atoms with E-state index in [1.54, 1.807) is 194 Å². The van der Waals surface area contributed by atoms with E-state index in [0.717, 1.165) is 0 Å². The van der Waals surface area contributed by atoms with Crippen LogP contribution >= 0.6 is 92.8 Å². The summed E-state index contributed by atoms with van der Waals surface area (Å²) in [5.74, 6) is 2.15. The van der Waals surface area contributed by atoms with Crippen LogP contribution in [0.5, 0.6) is 93.0 Å². The van der Waals surface area contributed by atoms with Crippen molar-refractivity contribution in [3.8, 4) is 139 Å². The first kappa shape index (κ1) is 65.5. The molecule has 4 aromatic carbocycles. The van der Waals surface area contributed by atoms with E-state index in [9.17, 15) is 0 Å². The molecule has 0 saturated heterocycles. The van der Waals surface area contributed by atoms with Gasteiger partial charge in [0.2, 0.25) is 47.0 Å². The summed E-state index contributed by atoms with van der Waals surface area (Å²) in [6.45, 7) is 0. The summed E-state index contributed by atoms with van der Waals surface area (Å²) < 4.78 is 52.5. The second-order valence-electron chi connectivity index (χ2n) is 22.2. The molecule has 0 atom stereocenters. The van der Waals surface area contributed by atoms with Crippen molar-refractivity contribution in [2.24, 2.45) is 0 Å². The average Bonchev–Trinajstić information content (AvgIpc) is 1.59. The van der Waals surface area contributed by atoms with Crippen LogP contribution in [0.1, 0.15) is 0 Å². The molecule has 0 unspecified atom stereocenters. The Morgan fingerprint density at radius 3 is 0.519 bits per heavy atom. The minimum Gasteiger partial charge on any atom is -0.435 e. The van der Waals surface area contributed by atoms with Gasteiger partial charge < -0.3 is 47.9 Å². The van der Waals surface area contributed by atoms with E-state index in [1.165, 1.54) is 0 Å². The first-order chi connectivity index (χ1) is 50.6. The van der Waals surface area contributed by atoms with E-state index in [2.05, 4.69) is 49.8 Å². The molecule has 13 heterocycles. The highest BCUT2D eigenvalue weighted by Crippen LogP contribution is 2.50. The van der Waals surface area contributed by atoms with Gasteiger partial charge in [-0.3, -0.25) is 0 Å². The van der Waals surface area contributed by atoms with Crippen LogP contribution in [0.25, 0.3) is 89.7 Å². The Hall–Kier alpha value is -11.8. The molecule has 0 radical (unpaired) electrons. The van der Waals surface area contributed by atoms with E-state index >= 15 is 0 Å². The lowest BCUT2D eigenvalue weighted by molar-refractivity contribution is 0.402. The van der Waals surface area contributed by atoms with Crippen LogP contribution < -0.4 is 37.9 Å². The molecule has 15 aromatic rings. The van der Waals surface area contributed by atoms with Gasteiger partial charge in [0.15, 0.2) is 69.3 Å². The summed E-state index contributed by atoms with van der Waals surface area (Å²) in [6, 6.07) is 52.7. The molecule has 11 aromatic heterocycles. The highest BCUT2D eigenvalue weighted by Gasteiger charge is 2.30. The van der Waals surface area contributed by atoms with Crippen LogP contribution in [0.2, 0.25) is 41.2 Å². The van der Waals surface area contributed by atoms with Crippen molar-refractivity contribution in [1.82, 2.24) is 79.7 Å². The topological polar surface area (TPSA) is 286 Å². The molecule has 0 spiro atoms. The Balaban J connectivity index is 0.995. The summed E-state index contributed by atoms with van der Waals surface area (Å²) in [6.07, 6.45) is 0.